The van der Waals surface area contributed by atoms with Crippen LogP contribution in [0, 0.1) is 0 Å². The lowest BCUT2D eigenvalue weighted by molar-refractivity contribution is -0.114. The first-order valence-corrected chi connectivity index (χ1v) is 6.69. The summed E-state index contributed by atoms with van der Waals surface area (Å²) >= 11 is 0. The van der Waals surface area contributed by atoms with Gasteiger partial charge in [0.2, 0.25) is 0 Å². The lowest BCUT2D eigenvalue weighted by Gasteiger charge is -2.01. The molecule has 2 rings (SSSR count). The Morgan fingerprint density at radius 3 is 1.40 bits per heavy atom. The van der Waals surface area contributed by atoms with Crippen molar-refractivity contribution in [3.05, 3.63) is 66.2 Å². The molecule has 0 saturated heterocycles. The van der Waals surface area contributed by atoms with Crippen LogP contribution in [-0.4, -0.2) is 10.9 Å². The number of hydrogen-bond donors (Lipinski definition) is 1. The van der Waals surface area contributed by atoms with Gasteiger partial charge in [-0.3, -0.25) is 0 Å². The normalized spacial score (nSPS) is 8.85. The van der Waals surface area contributed by atoms with Crippen LogP contribution in [0.4, 0.5) is 0 Å². The molecule has 0 aromatic heterocycles. The monoisotopic (exact) mass is 272 g/mol. The molecular formula is C18H24O2. The van der Waals surface area contributed by atoms with Gasteiger partial charge in [0.25, 0.3) is 0 Å². The molecule has 0 atom stereocenters. The number of hydrogen-bond acceptors (Lipinski definition) is 2. The number of Topliss-reactive ketones (excluding diaryl/α,β-unsaturated/α-hetero) is 1. The van der Waals surface area contributed by atoms with E-state index < -0.39 is 0 Å². The minimum absolute atomic E-state index is 0.167. The highest BCUT2D eigenvalue weighted by Gasteiger charge is 1.93. The maximum Gasteiger partial charge on any atom is 0.126 e. The Morgan fingerprint density at radius 1 is 0.850 bits per heavy atom. The van der Waals surface area contributed by atoms with E-state index in [2.05, 4.69) is 38.1 Å². The second-order valence-electron chi connectivity index (χ2n) is 4.81. The number of benzene rings is 2. The minimum atomic E-state index is 0.167. The molecule has 0 spiro atoms. The van der Waals surface area contributed by atoms with Crippen molar-refractivity contribution >= 4 is 5.78 Å². The summed E-state index contributed by atoms with van der Waals surface area (Å²) in [5, 5.41) is 8.63. The van der Waals surface area contributed by atoms with E-state index >= 15 is 0 Å². The third kappa shape index (κ3) is 11.0. The summed E-state index contributed by atoms with van der Waals surface area (Å²) in [5.41, 5.74) is 1.41. The lowest BCUT2D eigenvalue weighted by atomic mass is 10.0. The van der Waals surface area contributed by atoms with Gasteiger partial charge in [-0.2, -0.15) is 0 Å². The first-order valence-electron chi connectivity index (χ1n) is 6.69. The van der Waals surface area contributed by atoms with Crippen molar-refractivity contribution in [3.8, 4) is 5.75 Å². The van der Waals surface area contributed by atoms with E-state index in [0.29, 0.717) is 11.7 Å². The number of para-hydroxylation sites is 1. The molecule has 0 saturated carbocycles. The van der Waals surface area contributed by atoms with Gasteiger partial charge in [-0.15, -0.1) is 0 Å². The molecule has 2 aromatic rings. The van der Waals surface area contributed by atoms with Crippen molar-refractivity contribution in [1.82, 2.24) is 0 Å². The topological polar surface area (TPSA) is 37.3 Å². The molecule has 1 N–H and O–H groups in total. The molecule has 0 bridgehead atoms. The van der Waals surface area contributed by atoms with Crippen LogP contribution in [0.5, 0.6) is 5.75 Å². The molecule has 108 valence electrons. The molecule has 0 radical (unpaired) electrons. The first-order chi connectivity index (χ1) is 9.43. The average molecular weight is 272 g/mol. The van der Waals surface area contributed by atoms with Gasteiger partial charge in [0.05, 0.1) is 0 Å². The van der Waals surface area contributed by atoms with E-state index in [9.17, 15) is 4.79 Å². The second kappa shape index (κ2) is 10.8. The fourth-order valence-corrected chi connectivity index (χ4v) is 1.27. The number of aromatic hydroxyl groups is 1. The molecule has 0 fully saturated rings. The summed E-state index contributed by atoms with van der Waals surface area (Å²) in [6.45, 7) is 7.46. The number of carbonyl (C=O) groups is 1. The second-order valence-corrected chi connectivity index (χ2v) is 4.81. The molecule has 20 heavy (non-hydrogen) atoms. The van der Waals surface area contributed by atoms with E-state index in [1.807, 2.05) is 12.1 Å². The van der Waals surface area contributed by atoms with E-state index in [1.54, 1.807) is 24.3 Å². The van der Waals surface area contributed by atoms with Crippen molar-refractivity contribution in [2.24, 2.45) is 0 Å². The predicted molar refractivity (Wildman–Crippen MR) is 85.0 cm³/mol. The summed E-state index contributed by atoms with van der Waals surface area (Å²) in [5.74, 6) is 1.15. The standard InChI is InChI=1S/C9H12.C6H6O.C3H6O/c1-8(2)9-6-4-3-5-7-9;7-6-4-2-1-3-5-6;1-3(2)4/h3-8H,1-2H3;1-5,7H;1-2H3. The number of ketones is 1. The van der Waals surface area contributed by atoms with E-state index in [1.165, 1.54) is 19.4 Å². The van der Waals surface area contributed by atoms with E-state index in [4.69, 9.17) is 5.11 Å². The first kappa shape index (κ1) is 17.9. The number of carbonyl (C=O) groups excluding carboxylic acids is 1. The smallest absolute Gasteiger partial charge is 0.126 e. The molecule has 2 aromatic carbocycles. The van der Waals surface area contributed by atoms with Crippen LogP contribution in [0.15, 0.2) is 60.7 Å². The average Bonchev–Trinajstić information content (AvgIpc) is 2.41. The zero-order chi connectivity index (χ0) is 15.4. The van der Waals surface area contributed by atoms with Gasteiger partial charge in [0.1, 0.15) is 11.5 Å². The van der Waals surface area contributed by atoms with Crippen LogP contribution >= 0.6 is 0 Å². The van der Waals surface area contributed by atoms with Crippen LogP contribution in [0.25, 0.3) is 0 Å². The van der Waals surface area contributed by atoms with Crippen molar-refractivity contribution in [2.45, 2.75) is 33.6 Å². The molecule has 0 unspecified atom stereocenters. The predicted octanol–water partition coefficient (Wildman–Crippen LogP) is 4.80. The van der Waals surface area contributed by atoms with Crippen LogP contribution < -0.4 is 0 Å². The lowest BCUT2D eigenvalue weighted by Crippen LogP contribution is -1.83. The Kier molecular flexibility index (Phi) is 9.67. The molecule has 0 aliphatic rings. The summed E-state index contributed by atoms with van der Waals surface area (Å²) in [6, 6.07) is 19.2. The van der Waals surface area contributed by atoms with Gasteiger partial charge in [0, 0.05) is 0 Å². The molecule has 0 aliphatic carbocycles. The summed E-state index contributed by atoms with van der Waals surface area (Å²) < 4.78 is 0. The number of rotatable bonds is 1. The van der Waals surface area contributed by atoms with Crippen molar-refractivity contribution in [3.63, 3.8) is 0 Å². The fourth-order valence-electron chi connectivity index (χ4n) is 1.27. The zero-order valence-corrected chi connectivity index (χ0v) is 12.7. The Balaban J connectivity index is 0.000000293. The highest BCUT2D eigenvalue weighted by atomic mass is 16.3. The highest BCUT2D eigenvalue weighted by molar-refractivity contribution is 5.72. The van der Waals surface area contributed by atoms with Gasteiger partial charge in [-0.25, -0.2) is 0 Å². The van der Waals surface area contributed by atoms with Crippen LogP contribution in [0.2, 0.25) is 0 Å². The van der Waals surface area contributed by atoms with Crippen LogP contribution in [-0.2, 0) is 4.79 Å². The quantitative estimate of drug-likeness (QED) is 0.809. The maximum absolute atomic E-state index is 9.44. The van der Waals surface area contributed by atoms with Gasteiger partial charge in [0.15, 0.2) is 0 Å². The fraction of sp³-hybridized carbons (Fsp3) is 0.278. The van der Waals surface area contributed by atoms with Crippen molar-refractivity contribution < 1.29 is 9.90 Å². The Hall–Kier alpha value is -2.09. The van der Waals surface area contributed by atoms with Gasteiger partial charge in [-0.1, -0.05) is 62.4 Å². The number of phenols is 1. The Bertz CT molecular complexity index is 457. The molecule has 2 heteroatoms. The third-order valence-electron chi connectivity index (χ3n) is 2.22. The van der Waals surface area contributed by atoms with Gasteiger partial charge >= 0.3 is 0 Å². The van der Waals surface area contributed by atoms with Crippen LogP contribution in [0.1, 0.15) is 39.2 Å². The Labute approximate surface area is 122 Å². The SMILES string of the molecule is CC(C)=O.CC(C)c1ccccc1.Oc1ccccc1. The summed E-state index contributed by atoms with van der Waals surface area (Å²) in [4.78, 5) is 9.44. The zero-order valence-electron chi connectivity index (χ0n) is 12.7. The summed E-state index contributed by atoms with van der Waals surface area (Å²) in [7, 11) is 0. The van der Waals surface area contributed by atoms with Gasteiger partial charge < -0.3 is 9.90 Å². The van der Waals surface area contributed by atoms with Crippen LogP contribution in [0.3, 0.4) is 0 Å². The van der Waals surface area contributed by atoms with Gasteiger partial charge in [-0.05, 0) is 37.5 Å². The van der Waals surface area contributed by atoms with E-state index in [-0.39, 0.29) is 5.78 Å². The molecule has 0 heterocycles. The highest BCUT2D eigenvalue weighted by Crippen LogP contribution is 2.11. The number of phenolic OH excluding ortho intramolecular Hbond substituents is 1. The minimum Gasteiger partial charge on any atom is -0.508 e. The summed E-state index contributed by atoms with van der Waals surface area (Å²) in [6.07, 6.45) is 0. The third-order valence-corrected chi connectivity index (χ3v) is 2.22. The molecule has 0 amide bonds. The molecule has 2 nitrogen and oxygen atoms in total. The van der Waals surface area contributed by atoms with Crippen molar-refractivity contribution in [1.29, 1.82) is 0 Å². The molecule has 0 aliphatic heterocycles. The van der Waals surface area contributed by atoms with Crippen molar-refractivity contribution in [2.75, 3.05) is 0 Å². The molecular weight excluding hydrogens is 248 g/mol. The largest absolute Gasteiger partial charge is 0.508 e. The maximum atomic E-state index is 9.44. The Morgan fingerprint density at radius 2 is 1.20 bits per heavy atom. The van der Waals surface area contributed by atoms with E-state index in [0.717, 1.165) is 0 Å².